The Balaban J connectivity index is 2.40. The number of hydrogen-bond donors (Lipinski definition) is 1. The molecule has 5 heteroatoms. The summed E-state index contributed by atoms with van der Waals surface area (Å²) in [5, 5.41) is 10.6. The molecule has 1 atom stereocenters. The quantitative estimate of drug-likeness (QED) is 0.860. The van der Waals surface area contributed by atoms with E-state index < -0.39 is 17.7 Å². The molecule has 2 aromatic carbocycles. The van der Waals surface area contributed by atoms with Crippen LogP contribution in [0.2, 0.25) is 5.02 Å². The second-order valence-corrected chi connectivity index (χ2v) is 5.04. The highest BCUT2D eigenvalue weighted by Crippen LogP contribution is 2.29. The molecular weight excluding hydrogens is 325 g/mol. The van der Waals surface area contributed by atoms with Crippen LogP contribution < -0.4 is 0 Å². The van der Waals surface area contributed by atoms with Crippen LogP contribution in [0.25, 0.3) is 0 Å². The molecule has 0 aliphatic carbocycles. The van der Waals surface area contributed by atoms with Crippen molar-refractivity contribution >= 4 is 27.5 Å². The molecule has 0 aromatic heterocycles. The van der Waals surface area contributed by atoms with Gasteiger partial charge >= 0.3 is 0 Å². The number of rotatable bonds is 2. The Kier molecular flexibility index (Phi) is 4.00. The van der Waals surface area contributed by atoms with E-state index in [2.05, 4.69) is 15.9 Å². The maximum absolute atomic E-state index is 13.1. The van der Waals surface area contributed by atoms with Crippen molar-refractivity contribution in [2.45, 2.75) is 6.10 Å². The van der Waals surface area contributed by atoms with Gasteiger partial charge in [0.05, 0.1) is 5.02 Å². The van der Waals surface area contributed by atoms with Crippen molar-refractivity contribution in [3.05, 3.63) is 68.7 Å². The van der Waals surface area contributed by atoms with E-state index in [4.69, 9.17) is 11.6 Å². The number of aliphatic hydroxyl groups excluding tert-OH is 1. The summed E-state index contributed by atoms with van der Waals surface area (Å²) in [7, 11) is 0. The van der Waals surface area contributed by atoms with Crippen LogP contribution in [0.1, 0.15) is 17.2 Å². The molecule has 1 nitrogen and oxygen atoms in total. The molecule has 2 rings (SSSR count). The minimum absolute atomic E-state index is 0.154. The van der Waals surface area contributed by atoms with Gasteiger partial charge in [0, 0.05) is 10.5 Å². The van der Waals surface area contributed by atoms with E-state index in [0.29, 0.717) is 15.1 Å². The van der Waals surface area contributed by atoms with E-state index in [1.165, 1.54) is 0 Å². The summed E-state index contributed by atoms with van der Waals surface area (Å²) < 4.78 is 26.7. The van der Waals surface area contributed by atoms with Gasteiger partial charge in [-0.3, -0.25) is 0 Å². The molecule has 0 heterocycles. The van der Waals surface area contributed by atoms with Gasteiger partial charge in [-0.05, 0) is 51.3 Å². The molecule has 18 heavy (non-hydrogen) atoms. The first-order valence-electron chi connectivity index (χ1n) is 5.06. The van der Waals surface area contributed by atoms with E-state index in [9.17, 15) is 13.9 Å². The Morgan fingerprint density at radius 1 is 1.00 bits per heavy atom. The summed E-state index contributed by atoms with van der Waals surface area (Å²) in [6.45, 7) is 0. The fourth-order valence-corrected chi connectivity index (χ4v) is 2.12. The van der Waals surface area contributed by atoms with Gasteiger partial charge in [-0.25, -0.2) is 8.78 Å². The van der Waals surface area contributed by atoms with Crippen LogP contribution in [0.4, 0.5) is 8.78 Å². The summed E-state index contributed by atoms with van der Waals surface area (Å²) in [4.78, 5) is 0. The van der Waals surface area contributed by atoms with Crippen LogP contribution in [0, 0.1) is 11.6 Å². The number of halogens is 4. The second-order valence-electron chi connectivity index (χ2n) is 3.78. The first-order valence-corrected chi connectivity index (χ1v) is 6.23. The third kappa shape index (κ3) is 2.88. The minimum atomic E-state index is -1.11. The van der Waals surface area contributed by atoms with Crippen LogP contribution >= 0.6 is 27.5 Å². The molecule has 1 N–H and O–H groups in total. The molecule has 0 aliphatic heterocycles. The Bertz CT molecular complexity index is 569. The highest BCUT2D eigenvalue weighted by Gasteiger charge is 2.14. The molecule has 1 unspecified atom stereocenters. The summed E-state index contributed by atoms with van der Waals surface area (Å²) >= 11 is 9.06. The summed E-state index contributed by atoms with van der Waals surface area (Å²) in [5.74, 6) is -1.45. The van der Waals surface area contributed by atoms with Crippen LogP contribution in [0.15, 0.2) is 40.9 Å². The number of hydrogen-bond acceptors (Lipinski definition) is 1. The molecule has 0 aliphatic rings. The van der Waals surface area contributed by atoms with Crippen LogP contribution in [0.3, 0.4) is 0 Å². The third-order valence-electron chi connectivity index (χ3n) is 2.46. The van der Waals surface area contributed by atoms with Gasteiger partial charge < -0.3 is 5.11 Å². The maximum Gasteiger partial charge on any atom is 0.126 e. The van der Waals surface area contributed by atoms with E-state index in [0.717, 1.165) is 18.2 Å². The second kappa shape index (κ2) is 5.34. The average Bonchev–Trinajstić information content (AvgIpc) is 2.30. The van der Waals surface area contributed by atoms with E-state index >= 15 is 0 Å². The SMILES string of the molecule is OC(c1cc(F)cc(F)c1)c1ccc(Cl)c(Br)c1. The summed E-state index contributed by atoms with van der Waals surface area (Å²) in [6, 6.07) is 7.75. The monoisotopic (exact) mass is 332 g/mol. The minimum Gasteiger partial charge on any atom is -0.384 e. The summed E-state index contributed by atoms with van der Waals surface area (Å²) in [5.41, 5.74) is 0.651. The molecule has 0 bridgehead atoms. The molecule has 0 radical (unpaired) electrons. The highest BCUT2D eigenvalue weighted by atomic mass is 79.9. The predicted octanol–water partition coefficient (Wildman–Crippen LogP) is 4.46. The lowest BCUT2D eigenvalue weighted by atomic mass is 10.0. The third-order valence-corrected chi connectivity index (χ3v) is 3.67. The molecule has 0 amide bonds. The fourth-order valence-electron chi connectivity index (χ4n) is 1.61. The molecular formula is C13H8BrClF2O. The average molecular weight is 334 g/mol. The molecule has 2 aromatic rings. The van der Waals surface area contributed by atoms with Crippen LogP contribution in [0.5, 0.6) is 0 Å². The smallest absolute Gasteiger partial charge is 0.126 e. The largest absolute Gasteiger partial charge is 0.384 e. The van der Waals surface area contributed by atoms with Crippen molar-refractivity contribution < 1.29 is 13.9 Å². The zero-order chi connectivity index (χ0) is 13.3. The van der Waals surface area contributed by atoms with Crippen LogP contribution in [-0.4, -0.2) is 5.11 Å². The Labute approximate surface area is 116 Å². The van der Waals surface area contributed by atoms with Gasteiger partial charge in [-0.2, -0.15) is 0 Å². The highest BCUT2D eigenvalue weighted by molar-refractivity contribution is 9.10. The van der Waals surface area contributed by atoms with Crippen molar-refractivity contribution in [3.63, 3.8) is 0 Å². The maximum atomic E-state index is 13.1. The van der Waals surface area contributed by atoms with Gasteiger partial charge in [0.25, 0.3) is 0 Å². The topological polar surface area (TPSA) is 20.2 Å². The predicted molar refractivity (Wildman–Crippen MR) is 69.6 cm³/mol. The molecule has 0 saturated carbocycles. The number of benzene rings is 2. The lowest BCUT2D eigenvalue weighted by Gasteiger charge is -2.12. The fraction of sp³-hybridized carbons (Fsp3) is 0.0769. The molecule has 94 valence electrons. The normalized spacial score (nSPS) is 12.5. The first kappa shape index (κ1) is 13.5. The molecule has 0 saturated heterocycles. The summed E-state index contributed by atoms with van der Waals surface area (Å²) in [6.07, 6.45) is -1.11. The Morgan fingerprint density at radius 3 is 2.17 bits per heavy atom. The van der Waals surface area contributed by atoms with Crippen molar-refractivity contribution in [3.8, 4) is 0 Å². The van der Waals surface area contributed by atoms with E-state index in [1.807, 2.05) is 0 Å². The molecule has 0 fully saturated rings. The van der Waals surface area contributed by atoms with Crippen molar-refractivity contribution in [1.82, 2.24) is 0 Å². The van der Waals surface area contributed by atoms with Gasteiger partial charge in [0.15, 0.2) is 0 Å². The zero-order valence-corrected chi connectivity index (χ0v) is 11.3. The Morgan fingerprint density at radius 2 is 1.61 bits per heavy atom. The van der Waals surface area contributed by atoms with Gasteiger partial charge in [0.1, 0.15) is 17.7 Å². The van der Waals surface area contributed by atoms with Crippen molar-refractivity contribution in [2.24, 2.45) is 0 Å². The zero-order valence-electron chi connectivity index (χ0n) is 9.00. The van der Waals surface area contributed by atoms with Gasteiger partial charge in [0.2, 0.25) is 0 Å². The van der Waals surface area contributed by atoms with Crippen molar-refractivity contribution in [1.29, 1.82) is 0 Å². The lowest BCUT2D eigenvalue weighted by molar-refractivity contribution is 0.219. The lowest BCUT2D eigenvalue weighted by Crippen LogP contribution is -2.01. The number of aliphatic hydroxyl groups is 1. The van der Waals surface area contributed by atoms with E-state index in [-0.39, 0.29) is 5.56 Å². The van der Waals surface area contributed by atoms with Crippen LogP contribution in [-0.2, 0) is 0 Å². The van der Waals surface area contributed by atoms with E-state index in [1.54, 1.807) is 18.2 Å². The first-order chi connectivity index (χ1) is 8.47. The van der Waals surface area contributed by atoms with Gasteiger partial charge in [-0.1, -0.05) is 17.7 Å². The standard InChI is InChI=1S/C13H8BrClF2O/c14-11-5-7(1-2-12(11)15)13(18)8-3-9(16)6-10(17)4-8/h1-6,13,18H. The van der Waals surface area contributed by atoms with Gasteiger partial charge in [-0.15, -0.1) is 0 Å². The molecule has 0 spiro atoms. The van der Waals surface area contributed by atoms with Crippen molar-refractivity contribution in [2.75, 3.05) is 0 Å². The Hall–Kier alpha value is -0.970.